The maximum atomic E-state index is 13.1. The predicted octanol–water partition coefficient (Wildman–Crippen LogP) is 1.07. The van der Waals surface area contributed by atoms with Crippen LogP contribution in [0.25, 0.3) is 0 Å². The highest BCUT2D eigenvalue weighted by atomic mass is 16.5. The van der Waals surface area contributed by atoms with Crippen LogP contribution in [0, 0.1) is 13.8 Å². The van der Waals surface area contributed by atoms with Crippen molar-refractivity contribution in [1.82, 2.24) is 34.9 Å². The normalized spacial score (nSPS) is 15.9. The van der Waals surface area contributed by atoms with E-state index in [1.165, 1.54) is 0 Å². The second-order valence-corrected chi connectivity index (χ2v) is 7.56. The number of carbonyl (C=O) groups excluding carboxylic acids is 2. The number of aromatic nitrogens is 5. The second kappa shape index (κ2) is 6.57. The highest BCUT2D eigenvalue weighted by Gasteiger charge is 2.32. The van der Waals surface area contributed by atoms with Gasteiger partial charge in [-0.05, 0) is 26.3 Å². The molecule has 0 aliphatic carbocycles. The highest BCUT2D eigenvalue weighted by molar-refractivity contribution is 5.95. The summed E-state index contributed by atoms with van der Waals surface area (Å²) in [6.07, 6.45) is 0.570. The molecule has 3 aromatic rings. The van der Waals surface area contributed by atoms with E-state index < -0.39 is 0 Å². The molecular weight excluding hydrogens is 374 g/mol. The Morgan fingerprint density at radius 3 is 2.69 bits per heavy atom. The van der Waals surface area contributed by atoms with Crippen molar-refractivity contribution < 1.29 is 14.1 Å². The Balaban J connectivity index is 1.33. The molecule has 2 aliphatic rings. The number of aryl methyl sites for hydroxylation is 2. The average molecular weight is 395 g/mol. The van der Waals surface area contributed by atoms with E-state index in [4.69, 9.17) is 4.52 Å². The van der Waals surface area contributed by atoms with E-state index in [9.17, 15) is 9.59 Å². The summed E-state index contributed by atoms with van der Waals surface area (Å²) in [5, 5.41) is 15.5. The zero-order valence-electron chi connectivity index (χ0n) is 16.3. The van der Waals surface area contributed by atoms with E-state index in [0.29, 0.717) is 56.3 Å². The van der Waals surface area contributed by atoms with Gasteiger partial charge in [-0.15, -0.1) is 0 Å². The lowest BCUT2D eigenvalue weighted by atomic mass is 10.0. The fraction of sp³-hybridized carbons (Fsp3) is 0.421. The molecule has 29 heavy (non-hydrogen) atoms. The standard InChI is InChI=1S/C19H21N7O3/c1-11-7-13-9-25(5-6-26(13)22-11)19(28)17-14-3-4-24(10-16(14)20-21-17)18(27)15-8-12(2)29-23-15/h7-8H,3-6,9-10H2,1-2H3,(H,20,21). The Labute approximate surface area is 166 Å². The van der Waals surface area contributed by atoms with Gasteiger partial charge in [0.2, 0.25) is 0 Å². The van der Waals surface area contributed by atoms with E-state index in [1.807, 2.05) is 22.6 Å². The third-order valence-corrected chi connectivity index (χ3v) is 5.48. The van der Waals surface area contributed by atoms with Crippen LogP contribution in [0.5, 0.6) is 0 Å². The predicted molar refractivity (Wildman–Crippen MR) is 100.0 cm³/mol. The van der Waals surface area contributed by atoms with Crippen LogP contribution in [-0.4, -0.2) is 59.8 Å². The van der Waals surface area contributed by atoms with Gasteiger partial charge in [-0.25, -0.2) is 0 Å². The number of nitrogens with zero attached hydrogens (tertiary/aromatic N) is 6. The summed E-state index contributed by atoms with van der Waals surface area (Å²) >= 11 is 0. The van der Waals surface area contributed by atoms with Crippen LogP contribution in [0.3, 0.4) is 0 Å². The fourth-order valence-electron chi connectivity index (χ4n) is 4.03. The highest BCUT2D eigenvalue weighted by Crippen LogP contribution is 2.24. The number of hydrogen-bond donors (Lipinski definition) is 1. The molecule has 10 heteroatoms. The van der Waals surface area contributed by atoms with Crippen LogP contribution in [0.2, 0.25) is 0 Å². The summed E-state index contributed by atoms with van der Waals surface area (Å²) in [4.78, 5) is 29.2. The molecule has 5 rings (SSSR count). The van der Waals surface area contributed by atoms with Crippen LogP contribution in [0.1, 0.15) is 49.4 Å². The number of H-pyrrole nitrogens is 1. The lowest BCUT2D eigenvalue weighted by molar-refractivity contribution is 0.0698. The summed E-state index contributed by atoms with van der Waals surface area (Å²) in [5.74, 6) is 0.327. The molecular formula is C19H21N7O3. The number of carbonyl (C=O) groups is 2. The maximum Gasteiger partial charge on any atom is 0.276 e. The van der Waals surface area contributed by atoms with Gasteiger partial charge in [0.1, 0.15) is 5.76 Å². The number of hydrogen-bond acceptors (Lipinski definition) is 6. The first-order valence-electron chi connectivity index (χ1n) is 9.61. The van der Waals surface area contributed by atoms with Gasteiger partial charge >= 0.3 is 0 Å². The molecule has 0 bridgehead atoms. The Morgan fingerprint density at radius 2 is 1.90 bits per heavy atom. The largest absolute Gasteiger partial charge is 0.361 e. The first kappa shape index (κ1) is 17.7. The summed E-state index contributed by atoms with van der Waals surface area (Å²) in [5.41, 5.74) is 4.43. The number of fused-ring (bicyclic) bond motifs is 2. The van der Waals surface area contributed by atoms with Crippen molar-refractivity contribution in [3.63, 3.8) is 0 Å². The molecule has 0 saturated heterocycles. The number of rotatable bonds is 2. The zero-order valence-corrected chi connectivity index (χ0v) is 16.3. The van der Waals surface area contributed by atoms with Gasteiger partial charge in [-0.2, -0.15) is 10.2 Å². The molecule has 0 aromatic carbocycles. The lowest BCUT2D eigenvalue weighted by Crippen LogP contribution is -2.40. The Hall–Kier alpha value is -3.43. The molecule has 0 spiro atoms. The van der Waals surface area contributed by atoms with Crippen molar-refractivity contribution in [1.29, 1.82) is 0 Å². The summed E-state index contributed by atoms with van der Waals surface area (Å²) < 4.78 is 6.95. The second-order valence-electron chi connectivity index (χ2n) is 7.56. The number of aromatic amines is 1. The molecule has 0 unspecified atom stereocenters. The molecule has 10 nitrogen and oxygen atoms in total. The molecule has 0 radical (unpaired) electrons. The molecule has 0 atom stereocenters. The van der Waals surface area contributed by atoms with Crippen LogP contribution in [-0.2, 0) is 26.1 Å². The van der Waals surface area contributed by atoms with Crippen molar-refractivity contribution in [3.05, 3.63) is 51.9 Å². The van der Waals surface area contributed by atoms with Gasteiger partial charge in [0, 0.05) is 24.7 Å². The SMILES string of the molecule is Cc1cc2n(n1)CCN(C(=O)c1n[nH]c3c1CCN(C(=O)c1cc(C)on1)C3)C2. The van der Waals surface area contributed by atoms with Crippen molar-refractivity contribution in [2.24, 2.45) is 0 Å². The molecule has 1 N–H and O–H groups in total. The van der Waals surface area contributed by atoms with E-state index in [0.717, 1.165) is 22.6 Å². The third kappa shape index (κ3) is 3.00. The number of amides is 2. The van der Waals surface area contributed by atoms with Crippen molar-refractivity contribution in [3.8, 4) is 0 Å². The summed E-state index contributed by atoms with van der Waals surface area (Å²) in [6, 6.07) is 3.64. The topological polar surface area (TPSA) is 113 Å². The molecule has 5 heterocycles. The third-order valence-electron chi connectivity index (χ3n) is 5.48. The van der Waals surface area contributed by atoms with E-state index >= 15 is 0 Å². The van der Waals surface area contributed by atoms with Crippen LogP contribution < -0.4 is 0 Å². The van der Waals surface area contributed by atoms with Crippen molar-refractivity contribution in [2.45, 2.75) is 39.9 Å². The average Bonchev–Trinajstić information content (AvgIpc) is 3.42. The van der Waals surface area contributed by atoms with Crippen molar-refractivity contribution in [2.75, 3.05) is 13.1 Å². The van der Waals surface area contributed by atoms with Crippen molar-refractivity contribution >= 4 is 11.8 Å². The first-order valence-corrected chi connectivity index (χ1v) is 9.61. The summed E-state index contributed by atoms with van der Waals surface area (Å²) in [7, 11) is 0. The molecule has 3 aromatic heterocycles. The fourth-order valence-corrected chi connectivity index (χ4v) is 4.03. The maximum absolute atomic E-state index is 13.1. The molecule has 2 aliphatic heterocycles. The number of nitrogens with one attached hydrogen (secondary N) is 1. The van der Waals surface area contributed by atoms with Gasteiger partial charge in [-0.1, -0.05) is 5.16 Å². The lowest BCUT2D eigenvalue weighted by Gasteiger charge is -2.28. The van der Waals surface area contributed by atoms with Gasteiger partial charge in [-0.3, -0.25) is 19.4 Å². The first-order chi connectivity index (χ1) is 14.0. The minimum absolute atomic E-state index is 0.0838. The van der Waals surface area contributed by atoms with Crippen LogP contribution >= 0.6 is 0 Å². The molecule has 0 saturated carbocycles. The smallest absolute Gasteiger partial charge is 0.276 e. The summed E-state index contributed by atoms with van der Waals surface area (Å²) in [6.45, 7) is 6.38. The van der Waals surface area contributed by atoms with E-state index in [2.05, 4.69) is 20.5 Å². The monoisotopic (exact) mass is 395 g/mol. The quantitative estimate of drug-likeness (QED) is 0.694. The molecule has 0 fully saturated rings. The van der Waals surface area contributed by atoms with Crippen LogP contribution in [0.4, 0.5) is 0 Å². The van der Waals surface area contributed by atoms with E-state index in [1.54, 1.807) is 17.9 Å². The van der Waals surface area contributed by atoms with Gasteiger partial charge < -0.3 is 14.3 Å². The Kier molecular flexibility index (Phi) is 4.00. The minimum atomic E-state index is -0.186. The van der Waals surface area contributed by atoms with Gasteiger partial charge in [0.05, 0.1) is 36.7 Å². The molecule has 2 amide bonds. The Morgan fingerprint density at radius 1 is 1.07 bits per heavy atom. The minimum Gasteiger partial charge on any atom is -0.361 e. The van der Waals surface area contributed by atoms with Gasteiger partial charge in [0.25, 0.3) is 11.8 Å². The van der Waals surface area contributed by atoms with Crippen LogP contribution in [0.15, 0.2) is 16.7 Å². The van der Waals surface area contributed by atoms with Gasteiger partial charge in [0.15, 0.2) is 11.4 Å². The zero-order chi connectivity index (χ0) is 20.1. The molecule has 150 valence electrons. The van der Waals surface area contributed by atoms with E-state index in [-0.39, 0.29) is 11.8 Å². The Bertz CT molecular complexity index is 1110.